The number of aromatic nitrogens is 2. The molecule has 3 aromatic rings. The van der Waals surface area contributed by atoms with E-state index in [2.05, 4.69) is 21.9 Å². The number of hydrogen-bond donors (Lipinski definition) is 1. The lowest BCUT2D eigenvalue weighted by molar-refractivity contribution is -0.130. The van der Waals surface area contributed by atoms with E-state index >= 15 is 0 Å². The molecule has 2 aliphatic heterocycles. The Balaban J connectivity index is 1.46. The molecular weight excluding hydrogens is 549 g/mol. The van der Waals surface area contributed by atoms with Crippen molar-refractivity contribution in [1.82, 2.24) is 19.6 Å². The lowest BCUT2D eigenvalue weighted by atomic mass is 9.97. The largest absolute Gasteiger partial charge is 0.484 e. The van der Waals surface area contributed by atoms with Crippen LogP contribution in [0.15, 0.2) is 55.3 Å². The van der Waals surface area contributed by atoms with Gasteiger partial charge in [-0.05, 0) is 74.6 Å². The summed E-state index contributed by atoms with van der Waals surface area (Å²) in [6.45, 7) is 12.3. The highest BCUT2D eigenvalue weighted by Gasteiger charge is 2.31. The van der Waals surface area contributed by atoms with Crippen molar-refractivity contribution in [2.24, 2.45) is 7.05 Å². The van der Waals surface area contributed by atoms with Crippen LogP contribution in [0.5, 0.6) is 5.75 Å². The predicted molar refractivity (Wildman–Crippen MR) is 163 cm³/mol. The monoisotopic (exact) mass is 589 g/mol. The Morgan fingerprint density at radius 2 is 2.02 bits per heavy atom. The molecule has 0 bridgehead atoms. The second-order valence-corrected chi connectivity index (χ2v) is 11.5. The number of benzene rings is 2. The van der Waals surface area contributed by atoms with E-state index < -0.39 is 6.10 Å². The number of hydrogen-bond acceptors (Lipinski definition) is 6. The molecule has 0 unspecified atom stereocenters. The van der Waals surface area contributed by atoms with Gasteiger partial charge in [0.1, 0.15) is 17.7 Å². The third-order valence-electron chi connectivity index (χ3n) is 8.26. The summed E-state index contributed by atoms with van der Waals surface area (Å²) in [7, 11) is 1.79. The van der Waals surface area contributed by atoms with Crippen molar-refractivity contribution in [1.29, 1.82) is 0 Å². The summed E-state index contributed by atoms with van der Waals surface area (Å²) in [6.07, 6.45) is 4.11. The van der Waals surface area contributed by atoms with Gasteiger partial charge in [-0.3, -0.25) is 19.2 Å². The summed E-state index contributed by atoms with van der Waals surface area (Å²) in [5, 5.41) is 7.14. The number of carbonyl (C=O) groups is 2. The molecule has 1 aromatic heterocycles. The average Bonchev–Trinajstić information content (AvgIpc) is 3.66. The Kier molecular flexibility index (Phi) is 9.27. The van der Waals surface area contributed by atoms with E-state index in [1.165, 1.54) is 12.1 Å². The van der Waals surface area contributed by atoms with Gasteiger partial charge in [0, 0.05) is 69.3 Å². The molecule has 1 N–H and O–H groups in total. The van der Waals surface area contributed by atoms with Gasteiger partial charge in [0.25, 0.3) is 5.91 Å². The third kappa shape index (κ3) is 6.97. The number of aryl methyl sites for hydroxylation is 3. The van der Waals surface area contributed by atoms with Crippen LogP contribution in [0.25, 0.3) is 0 Å². The lowest BCUT2D eigenvalue weighted by Gasteiger charge is -2.40. The molecule has 9 nitrogen and oxygen atoms in total. The first-order valence-corrected chi connectivity index (χ1v) is 14.8. The minimum absolute atomic E-state index is 0.00347. The van der Waals surface area contributed by atoms with Gasteiger partial charge in [-0.1, -0.05) is 18.7 Å². The molecule has 2 fully saturated rings. The molecular formula is C33H40FN5O4. The zero-order valence-electron chi connectivity index (χ0n) is 25.3. The third-order valence-corrected chi connectivity index (χ3v) is 8.26. The molecule has 0 aliphatic carbocycles. The van der Waals surface area contributed by atoms with Gasteiger partial charge in [-0.25, -0.2) is 4.39 Å². The summed E-state index contributed by atoms with van der Waals surface area (Å²) in [6, 6.07) is 10.7. The first-order chi connectivity index (χ1) is 20.6. The molecule has 2 amide bonds. The highest BCUT2D eigenvalue weighted by atomic mass is 19.1. The zero-order valence-corrected chi connectivity index (χ0v) is 25.3. The Morgan fingerprint density at radius 3 is 2.67 bits per heavy atom. The fourth-order valence-electron chi connectivity index (χ4n) is 5.84. The number of ether oxygens (including phenoxy) is 2. The number of carbonyl (C=O) groups excluding carboxylic acids is 2. The smallest absolute Gasteiger partial charge is 0.257 e. The van der Waals surface area contributed by atoms with Crippen molar-refractivity contribution in [2.45, 2.75) is 51.9 Å². The fraction of sp³-hybridized carbons (Fsp3) is 0.424. The molecule has 0 spiro atoms. The van der Waals surface area contributed by atoms with Crippen LogP contribution < -0.4 is 10.1 Å². The normalized spacial score (nSPS) is 19.7. The van der Waals surface area contributed by atoms with E-state index in [9.17, 15) is 14.0 Å². The molecule has 2 aliphatic rings. The van der Waals surface area contributed by atoms with Crippen molar-refractivity contribution in [3.05, 3.63) is 88.9 Å². The second-order valence-electron chi connectivity index (χ2n) is 11.5. The van der Waals surface area contributed by atoms with Gasteiger partial charge >= 0.3 is 0 Å². The fourth-order valence-corrected chi connectivity index (χ4v) is 5.84. The minimum Gasteiger partial charge on any atom is -0.484 e. The van der Waals surface area contributed by atoms with E-state index in [4.69, 9.17) is 9.47 Å². The van der Waals surface area contributed by atoms with Gasteiger partial charge in [0.15, 0.2) is 5.82 Å². The molecule has 0 saturated carbocycles. The average molecular weight is 590 g/mol. The quantitative estimate of drug-likeness (QED) is 0.349. The molecule has 43 heavy (non-hydrogen) atoms. The van der Waals surface area contributed by atoms with Crippen LogP contribution in [0, 0.1) is 19.7 Å². The summed E-state index contributed by atoms with van der Waals surface area (Å²) >= 11 is 0. The molecule has 228 valence electrons. The molecule has 0 radical (unpaired) electrons. The van der Waals surface area contributed by atoms with Crippen molar-refractivity contribution >= 4 is 17.6 Å². The number of nitrogens with one attached hydrogen (secondary N) is 1. The van der Waals surface area contributed by atoms with Crippen molar-refractivity contribution < 1.29 is 23.5 Å². The summed E-state index contributed by atoms with van der Waals surface area (Å²) in [5.74, 6) is 0.442. The molecule has 3 heterocycles. The van der Waals surface area contributed by atoms with Crippen LogP contribution in [0.4, 0.5) is 10.2 Å². The maximum absolute atomic E-state index is 14.8. The number of anilines is 1. The van der Waals surface area contributed by atoms with E-state index in [1.54, 1.807) is 37.0 Å². The van der Waals surface area contributed by atoms with Gasteiger partial charge in [-0.2, -0.15) is 5.10 Å². The van der Waals surface area contributed by atoms with Crippen LogP contribution in [-0.4, -0.2) is 70.2 Å². The van der Waals surface area contributed by atoms with Gasteiger partial charge in [0.05, 0.1) is 6.10 Å². The Bertz CT molecular complexity index is 1500. The van der Waals surface area contributed by atoms with Crippen LogP contribution >= 0.6 is 0 Å². The highest BCUT2D eigenvalue weighted by molar-refractivity contribution is 6.05. The topological polar surface area (TPSA) is 88.9 Å². The van der Waals surface area contributed by atoms with Crippen molar-refractivity contribution in [2.75, 3.05) is 38.1 Å². The van der Waals surface area contributed by atoms with Crippen LogP contribution in [-0.2, 0) is 16.6 Å². The van der Waals surface area contributed by atoms with Crippen LogP contribution in [0.1, 0.15) is 64.6 Å². The van der Waals surface area contributed by atoms with Crippen LogP contribution in [0.2, 0.25) is 0 Å². The Morgan fingerprint density at radius 1 is 1.21 bits per heavy atom. The van der Waals surface area contributed by atoms with Gasteiger partial charge < -0.3 is 19.7 Å². The standard InChI is InChI=1S/C33H40FN5O4/c1-6-32(40)39-14-13-38(19-23(39)4)20-30(24-10-9-21(2)27(34)17-24)43-29-16-22(3)25(18-26(29)28-8-7-15-42-28)33(41)35-31-11-12-37(5)36-31/h6,9-12,16-18,23,28,30H,1,7-8,13-15,19-20H2,2-5H3,(H,35,36,41)/t23-,28+,30-/m1/s1. The van der Waals surface area contributed by atoms with E-state index in [1.807, 2.05) is 36.9 Å². The first-order valence-electron chi connectivity index (χ1n) is 14.8. The molecule has 2 aromatic carbocycles. The maximum Gasteiger partial charge on any atom is 0.257 e. The van der Waals surface area contributed by atoms with E-state index in [0.717, 1.165) is 24.0 Å². The Labute approximate surface area is 252 Å². The zero-order chi connectivity index (χ0) is 30.7. The SMILES string of the molecule is C=CC(=O)N1CCN(C[C@@H](Oc2cc(C)c(C(=O)Nc3ccn(C)n3)cc2[C@@H]2CCCO2)c2ccc(C)c(F)c2)C[C@H]1C. The first kappa shape index (κ1) is 30.4. The second kappa shape index (κ2) is 13.1. The van der Waals surface area contributed by atoms with Crippen molar-refractivity contribution in [3.63, 3.8) is 0 Å². The van der Waals surface area contributed by atoms with Crippen LogP contribution in [0.3, 0.4) is 0 Å². The summed E-state index contributed by atoms with van der Waals surface area (Å²) in [4.78, 5) is 29.7. The lowest BCUT2D eigenvalue weighted by Crippen LogP contribution is -2.54. The predicted octanol–water partition coefficient (Wildman–Crippen LogP) is 5.12. The number of rotatable bonds is 9. The minimum atomic E-state index is -0.503. The number of piperazine rings is 1. The van der Waals surface area contributed by atoms with E-state index in [-0.39, 0.29) is 29.8 Å². The molecule has 3 atom stereocenters. The Hall–Kier alpha value is -4.02. The number of amides is 2. The van der Waals surface area contributed by atoms with E-state index in [0.29, 0.717) is 61.0 Å². The molecule has 2 saturated heterocycles. The van der Waals surface area contributed by atoms with Gasteiger partial charge in [-0.15, -0.1) is 0 Å². The molecule has 5 rings (SSSR count). The summed E-state index contributed by atoms with van der Waals surface area (Å²) < 4.78 is 29.3. The van der Waals surface area contributed by atoms with Crippen molar-refractivity contribution in [3.8, 4) is 5.75 Å². The highest BCUT2D eigenvalue weighted by Crippen LogP contribution is 2.39. The maximum atomic E-state index is 14.8. The molecule has 10 heteroatoms. The van der Waals surface area contributed by atoms with Gasteiger partial charge in [0.2, 0.25) is 5.91 Å². The number of nitrogens with zero attached hydrogens (tertiary/aromatic N) is 4. The summed E-state index contributed by atoms with van der Waals surface area (Å²) in [5.41, 5.74) is 3.32. The number of halogens is 1.